The van der Waals surface area contributed by atoms with E-state index in [1.54, 1.807) is 0 Å². The van der Waals surface area contributed by atoms with Crippen molar-refractivity contribution in [2.45, 2.75) is 12.2 Å². The Morgan fingerprint density at radius 3 is 2.42 bits per heavy atom. The Labute approximate surface area is 109 Å². The molecule has 0 aromatic rings. The highest BCUT2D eigenvalue weighted by atomic mass is 16.5. The molecule has 0 saturated carbocycles. The van der Waals surface area contributed by atoms with Gasteiger partial charge in [-0.2, -0.15) is 0 Å². The summed E-state index contributed by atoms with van der Waals surface area (Å²) in [6.45, 7) is 3.35. The van der Waals surface area contributed by atoms with Gasteiger partial charge in [0, 0.05) is 6.08 Å². The quantitative estimate of drug-likeness (QED) is 0.300. The highest BCUT2D eigenvalue weighted by molar-refractivity contribution is 6.06. The molecular formula is C13H13NO5. The van der Waals surface area contributed by atoms with E-state index in [2.05, 4.69) is 6.58 Å². The van der Waals surface area contributed by atoms with Gasteiger partial charge >= 0.3 is 5.97 Å². The van der Waals surface area contributed by atoms with E-state index < -0.39 is 17.8 Å². The average molecular weight is 263 g/mol. The van der Waals surface area contributed by atoms with Crippen LogP contribution in [0.15, 0.2) is 24.8 Å². The van der Waals surface area contributed by atoms with Gasteiger partial charge in [0.15, 0.2) is 0 Å². The number of fused-ring (bicyclic) bond motifs is 5. The molecule has 6 nitrogen and oxygen atoms in total. The van der Waals surface area contributed by atoms with Crippen molar-refractivity contribution in [2.75, 3.05) is 13.2 Å². The Morgan fingerprint density at radius 2 is 1.89 bits per heavy atom. The van der Waals surface area contributed by atoms with Crippen LogP contribution in [0.3, 0.4) is 0 Å². The first-order valence-corrected chi connectivity index (χ1v) is 6.11. The van der Waals surface area contributed by atoms with Gasteiger partial charge in [0.2, 0.25) is 11.8 Å². The predicted molar refractivity (Wildman–Crippen MR) is 62.7 cm³/mol. The largest absolute Gasteiger partial charge is 0.461 e. The molecule has 2 amide bonds. The zero-order valence-corrected chi connectivity index (χ0v) is 10.2. The van der Waals surface area contributed by atoms with Gasteiger partial charge in [-0.25, -0.2) is 4.79 Å². The van der Waals surface area contributed by atoms with E-state index in [1.807, 2.05) is 12.2 Å². The number of ether oxygens (including phenoxy) is 2. The van der Waals surface area contributed by atoms with Gasteiger partial charge < -0.3 is 9.47 Å². The summed E-state index contributed by atoms with van der Waals surface area (Å²) in [7, 11) is 0. The number of nitrogens with zero attached hydrogens (tertiary/aromatic N) is 1. The number of hydrogen-bond donors (Lipinski definition) is 0. The number of likely N-dealkylation sites (tertiary alicyclic amines) is 1. The number of hydrogen-bond acceptors (Lipinski definition) is 5. The number of carbonyl (C=O) groups excluding carboxylic acids is 3. The molecule has 2 bridgehead atoms. The molecule has 3 rings (SSSR count). The van der Waals surface area contributed by atoms with Gasteiger partial charge in [-0.3, -0.25) is 14.5 Å². The van der Waals surface area contributed by atoms with Gasteiger partial charge in [-0.05, 0) is 0 Å². The van der Waals surface area contributed by atoms with Gasteiger partial charge in [0.05, 0.1) is 30.6 Å². The van der Waals surface area contributed by atoms with Crippen molar-refractivity contribution in [3.63, 3.8) is 0 Å². The number of carbonyl (C=O) groups is 3. The predicted octanol–water partition coefficient (Wildman–Crippen LogP) is -0.346. The minimum absolute atomic E-state index is 0.00854. The molecule has 0 aromatic carbocycles. The van der Waals surface area contributed by atoms with Crippen molar-refractivity contribution >= 4 is 17.8 Å². The Morgan fingerprint density at radius 1 is 1.32 bits per heavy atom. The Balaban J connectivity index is 1.66. The lowest BCUT2D eigenvalue weighted by Crippen LogP contribution is -2.37. The molecule has 0 aliphatic carbocycles. The van der Waals surface area contributed by atoms with Crippen LogP contribution in [0, 0.1) is 11.8 Å². The van der Waals surface area contributed by atoms with Crippen molar-refractivity contribution in [1.82, 2.24) is 4.90 Å². The molecule has 3 aliphatic rings. The second-order valence-electron chi connectivity index (χ2n) is 4.70. The number of rotatable bonds is 4. The third-order valence-electron chi connectivity index (χ3n) is 3.73. The molecule has 2 saturated heterocycles. The van der Waals surface area contributed by atoms with Crippen molar-refractivity contribution in [3.8, 4) is 0 Å². The van der Waals surface area contributed by atoms with E-state index in [-0.39, 0.29) is 37.2 Å². The molecule has 0 radical (unpaired) electrons. The van der Waals surface area contributed by atoms with E-state index >= 15 is 0 Å². The second kappa shape index (κ2) is 4.31. The van der Waals surface area contributed by atoms with E-state index in [9.17, 15) is 14.4 Å². The fraction of sp³-hybridized carbons (Fsp3) is 0.462. The van der Waals surface area contributed by atoms with Crippen LogP contribution in [-0.2, 0) is 23.9 Å². The monoisotopic (exact) mass is 263 g/mol. The summed E-state index contributed by atoms with van der Waals surface area (Å²) in [5.41, 5.74) is 0. The fourth-order valence-electron chi connectivity index (χ4n) is 2.88. The summed E-state index contributed by atoms with van der Waals surface area (Å²) in [4.78, 5) is 36.4. The molecule has 19 heavy (non-hydrogen) atoms. The zero-order valence-electron chi connectivity index (χ0n) is 10.2. The summed E-state index contributed by atoms with van der Waals surface area (Å²) in [5.74, 6) is -1.84. The molecule has 100 valence electrons. The fourth-order valence-corrected chi connectivity index (χ4v) is 2.88. The first-order valence-electron chi connectivity index (χ1n) is 6.11. The van der Waals surface area contributed by atoms with Gasteiger partial charge in [0.25, 0.3) is 0 Å². The van der Waals surface area contributed by atoms with Crippen molar-refractivity contribution in [3.05, 3.63) is 24.8 Å². The summed E-state index contributed by atoms with van der Waals surface area (Å²) >= 11 is 0. The summed E-state index contributed by atoms with van der Waals surface area (Å²) in [6.07, 6.45) is 4.14. The van der Waals surface area contributed by atoms with E-state index in [0.29, 0.717) is 0 Å². The van der Waals surface area contributed by atoms with Crippen LogP contribution < -0.4 is 0 Å². The summed E-state index contributed by atoms with van der Waals surface area (Å²) in [5, 5.41) is 0. The summed E-state index contributed by atoms with van der Waals surface area (Å²) < 4.78 is 10.3. The van der Waals surface area contributed by atoms with Crippen molar-refractivity contribution in [1.29, 1.82) is 0 Å². The number of imide groups is 1. The molecule has 6 heteroatoms. The summed E-state index contributed by atoms with van der Waals surface area (Å²) in [6, 6.07) is 0. The van der Waals surface area contributed by atoms with Crippen LogP contribution in [0.5, 0.6) is 0 Å². The molecular weight excluding hydrogens is 250 g/mol. The lowest BCUT2D eigenvalue weighted by atomic mass is 9.85. The SMILES string of the molecule is C=CC(=O)OCCN1C(=O)[C@@H]2C3C=CC(O3)[C@@H]2C1=O. The van der Waals surface area contributed by atoms with Gasteiger partial charge in [-0.1, -0.05) is 18.7 Å². The minimum Gasteiger partial charge on any atom is -0.461 e. The van der Waals surface area contributed by atoms with Crippen LogP contribution in [0.1, 0.15) is 0 Å². The Hall–Kier alpha value is -1.95. The van der Waals surface area contributed by atoms with E-state index in [4.69, 9.17) is 9.47 Å². The standard InChI is InChI=1S/C13H13NO5/c1-2-9(15)18-6-5-14-12(16)10-7-3-4-8(19-7)11(10)13(14)17/h2-4,7-8,10-11H,1,5-6H2/t7?,8?,10-,11+. The van der Waals surface area contributed by atoms with Crippen LogP contribution in [0.25, 0.3) is 0 Å². The highest BCUT2D eigenvalue weighted by Gasteiger charge is 2.60. The zero-order chi connectivity index (χ0) is 13.6. The molecule has 2 unspecified atom stereocenters. The third-order valence-corrected chi connectivity index (χ3v) is 3.73. The molecule has 4 atom stereocenters. The number of amides is 2. The second-order valence-corrected chi connectivity index (χ2v) is 4.70. The maximum atomic E-state index is 12.2. The minimum atomic E-state index is -0.565. The highest BCUT2D eigenvalue weighted by Crippen LogP contribution is 2.44. The Kier molecular flexibility index (Phi) is 2.74. The van der Waals surface area contributed by atoms with Crippen LogP contribution in [0.4, 0.5) is 0 Å². The van der Waals surface area contributed by atoms with Crippen molar-refractivity contribution in [2.24, 2.45) is 11.8 Å². The molecule has 0 spiro atoms. The first-order chi connectivity index (χ1) is 9.13. The van der Waals surface area contributed by atoms with Crippen LogP contribution >= 0.6 is 0 Å². The third kappa shape index (κ3) is 1.71. The lowest BCUT2D eigenvalue weighted by Gasteiger charge is -2.16. The van der Waals surface area contributed by atoms with Crippen LogP contribution in [-0.4, -0.2) is 48.0 Å². The average Bonchev–Trinajstić information content (AvgIpc) is 3.07. The first kappa shape index (κ1) is 12.1. The number of esters is 1. The molecule has 3 aliphatic heterocycles. The smallest absolute Gasteiger partial charge is 0.330 e. The maximum absolute atomic E-state index is 12.2. The topological polar surface area (TPSA) is 72.9 Å². The van der Waals surface area contributed by atoms with Gasteiger partial charge in [0.1, 0.15) is 6.61 Å². The molecule has 2 fully saturated rings. The molecule has 3 heterocycles. The van der Waals surface area contributed by atoms with E-state index in [1.165, 1.54) is 4.90 Å². The lowest BCUT2D eigenvalue weighted by molar-refractivity contribution is -0.147. The molecule has 0 aromatic heterocycles. The Bertz CT molecular complexity index is 467. The molecule has 0 N–H and O–H groups in total. The van der Waals surface area contributed by atoms with E-state index in [0.717, 1.165) is 6.08 Å². The maximum Gasteiger partial charge on any atom is 0.330 e. The van der Waals surface area contributed by atoms with Crippen LogP contribution in [0.2, 0.25) is 0 Å². The van der Waals surface area contributed by atoms with Crippen molar-refractivity contribution < 1.29 is 23.9 Å². The normalized spacial score (nSPS) is 34.8. The van der Waals surface area contributed by atoms with Gasteiger partial charge in [-0.15, -0.1) is 0 Å².